The lowest BCUT2D eigenvalue weighted by molar-refractivity contribution is 0.214. The third-order valence-corrected chi connectivity index (χ3v) is 3.66. The van der Waals surface area contributed by atoms with E-state index in [9.17, 15) is 0 Å². The zero-order chi connectivity index (χ0) is 8.55. The Kier molecular flexibility index (Phi) is 2.09. The van der Waals surface area contributed by atoms with Crippen molar-refractivity contribution in [1.29, 1.82) is 5.26 Å². The average Bonchev–Trinajstić information content (AvgIpc) is 2.86. The summed E-state index contributed by atoms with van der Waals surface area (Å²) in [4.78, 5) is 0. The molecule has 0 heterocycles. The van der Waals surface area contributed by atoms with Crippen molar-refractivity contribution in [2.75, 3.05) is 0 Å². The molecule has 0 spiro atoms. The average molecular weight is 163 g/mol. The maximum Gasteiger partial charge on any atom is 0.0658 e. The summed E-state index contributed by atoms with van der Waals surface area (Å²) in [6.07, 6.45) is 6.75. The van der Waals surface area contributed by atoms with E-state index < -0.39 is 0 Å². The molecule has 0 saturated heterocycles. The maximum absolute atomic E-state index is 8.85. The third kappa shape index (κ3) is 1.48. The molecule has 1 nitrogen and oxygen atoms in total. The molecule has 2 rings (SSSR count). The Hall–Kier alpha value is -0.510. The Balaban J connectivity index is 1.90. The molecule has 66 valence electrons. The summed E-state index contributed by atoms with van der Waals surface area (Å²) < 4.78 is 0. The highest BCUT2D eigenvalue weighted by atomic mass is 14.4. The monoisotopic (exact) mass is 163 g/mol. The van der Waals surface area contributed by atoms with Gasteiger partial charge in [-0.3, -0.25) is 0 Å². The van der Waals surface area contributed by atoms with Gasteiger partial charge in [0, 0.05) is 5.92 Å². The lowest BCUT2D eigenvalue weighted by Gasteiger charge is -2.30. The third-order valence-electron chi connectivity index (χ3n) is 3.66. The predicted molar refractivity (Wildman–Crippen MR) is 48.3 cm³/mol. The van der Waals surface area contributed by atoms with E-state index >= 15 is 0 Å². The smallest absolute Gasteiger partial charge is 0.0658 e. The Labute approximate surface area is 74.8 Å². The Morgan fingerprint density at radius 2 is 1.75 bits per heavy atom. The Morgan fingerprint density at radius 3 is 2.25 bits per heavy atom. The molecule has 0 aromatic carbocycles. The summed E-state index contributed by atoms with van der Waals surface area (Å²) in [5.74, 6) is 3.05. The summed E-state index contributed by atoms with van der Waals surface area (Å²) in [7, 11) is 0. The van der Waals surface area contributed by atoms with Crippen LogP contribution in [0.5, 0.6) is 0 Å². The van der Waals surface area contributed by atoms with Crippen LogP contribution in [0.25, 0.3) is 0 Å². The summed E-state index contributed by atoms with van der Waals surface area (Å²) in [6.45, 7) is 2.25. The van der Waals surface area contributed by atoms with Crippen LogP contribution in [0.2, 0.25) is 0 Å². The van der Waals surface area contributed by atoms with Crippen molar-refractivity contribution in [3.8, 4) is 6.07 Å². The van der Waals surface area contributed by atoms with Gasteiger partial charge >= 0.3 is 0 Å². The van der Waals surface area contributed by atoms with Crippen LogP contribution in [0.1, 0.15) is 39.0 Å². The fraction of sp³-hybridized carbons (Fsp3) is 0.909. The van der Waals surface area contributed by atoms with Crippen LogP contribution in [0, 0.1) is 35.0 Å². The largest absolute Gasteiger partial charge is 0.198 e. The highest BCUT2D eigenvalue weighted by molar-refractivity contribution is 4.94. The fourth-order valence-electron chi connectivity index (χ4n) is 2.63. The lowest BCUT2D eigenvalue weighted by atomic mass is 9.74. The summed E-state index contributed by atoms with van der Waals surface area (Å²) in [5.41, 5.74) is 0. The number of nitrogens with zero attached hydrogens (tertiary/aromatic N) is 1. The van der Waals surface area contributed by atoms with Crippen molar-refractivity contribution in [2.24, 2.45) is 23.7 Å². The first-order valence-electron chi connectivity index (χ1n) is 5.21. The van der Waals surface area contributed by atoms with Crippen LogP contribution in [0.15, 0.2) is 0 Å². The van der Waals surface area contributed by atoms with Gasteiger partial charge in [0.2, 0.25) is 0 Å². The number of hydrogen-bond acceptors (Lipinski definition) is 1. The van der Waals surface area contributed by atoms with Crippen molar-refractivity contribution < 1.29 is 0 Å². The molecule has 2 aliphatic carbocycles. The highest BCUT2D eigenvalue weighted by Gasteiger charge is 2.36. The molecule has 0 N–H and O–H groups in total. The summed E-state index contributed by atoms with van der Waals surface area (Å²) in [6, 6.07) is 2.43. The standard InChI is InChI=1S/C11H17N/c1-8-6-10(9-2-3-9)4-5-11(8)7-12/h8-11H,2-6H2,1H3. The lowest BCUT2D eigenvalue weighted by Crippen LogP contribution is -2.22. The molecule has 0 radical (unpaired) electrons. The number of nitriles is 1. The van der Waals surface area contributed by atoms with Crippen LogP contribution in [0.3, 0.4) is 0 Å². The van der Waals surface area contributed by atoms with Gasteiger partial charge in [-0.2, -0.15) is 5.26 Å². The molecule has 0 bridgehead atoms. The van der Waals surface area contributed by atoms with E-state index in [2.05, 4.69) is 13.0 Å². The van der Waals surface area contributed by atoms with Gasteiger partial charge in [-0.1, -0.05) is 6.92 Å². The minimum absolute atomic E-state index is 0.361. The van der Waals surface area contributed by atoms with E-state index in [1.54, 1.807) is 0 Å². The molecular weight excluding hydrogens is 146 g/mol. The van der Waals surface area contributed by atoms with Crippen LogP contribution in [0.4, 0.5) is 0 Å². The molecule has 3 unspecified atom stereocenters. The zero-order valence-electron chi connectivity index (χ0n) is 7.79. The minimum Gasteiger partial charge on any atom is -0.198 e. The normalized spacial score (nSPS) is 42.2. The summed E-state index contributed by atoms with van der Waals surface area (Å²) >= 11 is 0. The number of rotatable bonds is 1. The number of hydrogen-bond donors (Lipinski definition) is 0. The summed E-state index contributed by atoms with van der Waals surface area (Å²) in [5, 5.41) is 8.85. The molecule has 0 aromatic heterocycles. The molecule has 3 atom stereocenters. The van der Waals surface area contributed by atoms with Crippen molar-refractivity contribution in [2.45, 2.75) is 39.0 Å². The first-order valence-corrected chi connectivity index (χ1v) is 5.21. The van der Waals surface area contributed by atoms with E-state index in [1.165, 1.54) is 32.1 Å². The molecule has 12 heavy (non-hydrogen) atoms. The van der Waals surface area contributed by atoms with Gasteiger partial charge in [-0.25, -0.2) is 0 Å². The maximum atomic E-state index is 8.85. The van der Waals surface area contributed by atoms with Gasteiger partial charge in [-0.05, 0) is 49.9 Å². The molecule has 0 aromatic rings. The predicted octanol–water partition coefficient (Wildman–Crippen LogP) is 2.97. The van der Waals surface area contributed by atoms with E-state index in [4.69, 9.17) is 5.26 Å². The van der Waals surface area contributed by atoms with Crippen LogP contribution in [-0.4, -0.2) is 0 Å². The zero-order valence-corrected chi connectivity index (χ0v) is 7.79. The van der Waals surface area contributed by atoms with Gasteiger partial charge in [0.05, 0.1) is 6.07 Å². The molecule has 0 amide bonds. The van der Waals surface area contributed by atoms with Crippen molar-refractivity contribution in [1.82, 2.24) is 0 Å². The van der Waals surface area contributed by atoms with Gasteiger partial charge in [-0.15, -0.1) is 0 Å². The van der Waals surface area contributed by atoms with Crippen molar-refractivity contribution in [3.63, 3.8) is 0 Å². The van der Waals surface area contributed by atoms with Gasteiger partial charge in [0.1, 0.15) is 0 Å². The quantitative estimate of drug-likeness (QED) is 0.583. The highest BCUT2D eigenvalue weighted by Crippen LogP contribution is 2.46. The Bertz CT molecular complexity index is 200. The van der Waals surface area contributed by atoms with Crippen molar-refractivity contribution in [3.05, 3.63) is 0 Å². The fourth-order valence-corrected chi connectivity index (χ4v) is 2.63. The Morgan fingerprint density at radius 1 is 1.08 bits per heavy atom. The second-order valence-corrected chi connectivity index (χ2v) is 4.62. The molecular formula is C11H17N. The molecule has 2 saturated carbocycles. The first kappa shape index (κ1) is 8.10. The first-order chi connectivity index (χ1) is 5.81. The van der Waals surface area contributed by atoms with Crippen LogP contribution >= 0.6 is 0 Å². The van der Waals surface area contributed by atoms with E-state index in [-0.39, 0.29) is 0 Å². The van der Waals surface area contributed by atoms with Gasteiger partial charge in [0.15, 0.2) is 0 Å². The minimum atomic E-state index is 0.361. The van der Waals surface area contributed by atoms with Gasteiger partial charge in [0.25, 0.3) is 0 Å². The van der Waals surface area contributed by atoms with E-state index in [1.807, 2.05) is 0 Å². The topological polar surface area (TPSA) is 23.8 Å². The SMILES string of the molecule is CC1CC(C2CC2)CCC1C#N. The van der Waals surface area contributed by atoms with Crippen LogP contribution < -0.4 is 0 Å². The van der Waals surface area contributed by atoms with E-state index in [0.29, 0.717) is 11.8 Å². The molecule has 2 aliphatic rings. The molecule has 0 aliphatic heterocycles. The second-order valence-electron chi connectivity index (χ2n) is 4.62. The van der Waals surface area contributed by atoms with Crippen LogP contribution in [-0.2, 0) is 0 Å². The van der Waals surface area contributed by atoms with Crippen molar-refractivity contribution >= 4 is 0 Å². The second kappa shape index (κ2) is 3.09. The molecule has 2 fully saturated rings. The molecule has 1 heteroatoms. The van der Waals surface area contributed by atoms with Gasteiger partial charge < -0.3 is 0 Å². The van der Waals surface area contributed by atoms with E-state index in [0.717, 1.165) is 11.8 Å².